The summed E-state index contributed by atoms with van der Waals surface area (Å²) in [6.45, 7) is 5.74. The number of nitrogens with two attached hydrogens (primary N) is 1. The van der Waals surface area contributed by atoms with E-state index in [1.165, 1.54) is 12.1 Å². The zero-order valence-corrected chi connectivity index (χ0v) is 12.6. The van der Waals surface area contributed by atoms with Crippen molar-refractivity contribution in [3.63, 3.8) is 0 Å². The number of hydrogen-bond donors (Lipinski definition) is 3. The molecule has 0 aliphatic heterocycles. The van der Waals surface area contributed by atoms with Gasteiger partial charge in [0.05, 0.1) is 12.5 Å². The van der Waals surface area contributed by atoms with Crippen molar-refractivity contribution < 1.29 is 14.0 Å². The molecule has 0 fully saturated rings. The fourth-order valence-corrected chi connectivity index (χ4v) is 1.87. The van der Waals surface area contributed by atoms with Crippen LogP contribution in [-0.4, -0.2) is 17.5 Å². The first-order chi connectivity index (χ1) is 9.75. The van der Waals surface area contributed by atoms with Crippen molar-refractivity contribution in [2.24, 2.45) is 5.73 Å². The highest BCUT2D eigenvalue weighted by Gasteiger charge is 2.23. The molecule has 0 aromatic heterocycles. The van der Waals surface area contributed by atoms with E-state index in [0.29, 0.717) is 0 Å². The minimum absolute atomic E-state index is 0.0761. The van der Waals surface area contributed by atoms with Gasteiger partial charge < -0.3 is 16.4 Å². The molecule has 116 valence electrons. The van der Waals surface area contributed by atoms with Crippen molar-refractivity contribution in [3.05, 3.63) is 35.6 Å². The van der Waals surface area contributed by atoms with Crippen LogP contribution < -0.4 is 16.4 Å². The van der Waals surface area contributed by atoms with Crippen LogP contribution >= 0.6 is 0 Å². The van der Waals surface area contributed by atoms with Crippen molar-refractivity contribution >= 4 is 11.9 Å². The van der Waals surface area contributed by atoms with E-state index in [9.17, 15) is 14.0 Å². The lowest BCUT2D eigenvalue weighted by molar-refractivity contribution is -0.123. The van der Waals surface area contributed by atoms with Crippen molar-refractivity contribution in [1.82, 2.24) is 10.6 Å². The van der Waals surface area contributed by atoms with Crippen LogP contribution in [0.15, 0.2) is 24.3 Å². The van der Waals surface area contributed by atoms with E-state index in [0.717, 1.165) is 6.42 Å². The predicted octanol–water partition coefficient (Wildman–Crippen LogP) is 2.23. The molecular formula is C15H22FN3O2. The smallest absolute Gasteiger partial charge is 0.312 e. The molecule has 1 rings (SSSR count). The number of hydrogen-bond acceptors (Lipinski definition) is 2. The molecule has 0 spiro atoms. The van der Waals surface area contributed by atoms with Gasteiger partial charge in [-0.15, -0.1) is 0 Å². The van der Waals surface area contributed by atoms with Crippen LogP contribution in [0.5, 0.6) is 0 Å². The molecular weight excluding hydrogens is 273 g/mol. The summed E-state index contributed by atoms with van der Waals surface area (Å²) in [4.78, 5) is 23.1. The van der Waals surface area contributed by atoms with Gasteiger partial charge in [-0.2, -0.15) is 0 Å². The summed E-state index contributed by atoms with van der Waals surface area (Å²) >= 11 is 0. The second kappa shape index (κ2) is 7.06. The molecule has 0 bridgehead atoms. The Morgan fingerprint density at radius 2 is 1.95 bits per heavy atom. The lowest BCUT2D eigenvalue weighted by atomic mass is 9.99. The third-order valence-corrected chi connectivity index (χ3v) is 3.35. The molecule has 0 heterocycles. The zero-order valence-electron chi connectivity index (χ0n) is 12.6. The van der Waals surface area contributed by atoms with Gasteiger partial charge in [0, 0.05) is 11.1 Å². The van der Waals surface area contributed by atoms with Crippen molar-refractivity contribution in [2.45, 2.75) is 45.2 Å². The molecule has 1 aromatic carbocycles. The van der Waals surface area contributed by atoms with Gasteiger partial charge in [-0.1, -0.05) is 25.1 Å². The SMILES string of the molecule is CCC(C)(C)NC(=O)C[C@H](NC(N)=O)c1ccccc1F. The first-order valence-electron chi connectivity index (χ1n) is 6.86. The molecule has 0 saturated heterocycles. The second-order valence-electron chi connectivity index (χ2n) is 5.57. The maximum atomic E-state index is 13.8. The van der Waals surface area contributed by atoms with E-state index in [2.05, 4.69) is 10.6 Å². The number of nitrogens with one attached hydrogen (secondary N) is 2. The first kappa shape index (κ1) is 16.9. The van der Waals surface area contributed by atoms with Gasteiger partial charge in [-0.25, -0.2) is 9.18 Å². The standard InChI is InChI=1S/C15H22FN3O2/c1-4-15(2,3)19-13(20)9-12(18-14(17)21)10-7-5-6-8-11(10)16/h5-8,12H,4,9H2,1-3H3,(H,19,20)(H3,17,18,21)/t12-/m0/s1. The third-order valence-electron chi connectivity index (χ3n) is 3.35. The third kappa shape index (κ3) is 5.41. The molecule has 0 aliphatic carbocycles. The predicted molar refractivity (Wildman–Crippen MR) is 79.0 cm³/mol. The minimum atomic E-state index is -0.800. The molecule has 1 atom stereocenters. The quantitative estimate of drug-likeness (QED) is 0.752. The maximum Gasteiger partial charge on any atom is 0.312 e. The minimum Gasteiger partial charge on any atom is -0.352 e. The average molecular weight is 295 g/mol. The topological polar surface area (TPSA) is 84.2 Å². The lowest BCUT2D eigenvalue weighted by Crippen LogP contribution is -2.45. The van der Waals surface area contributed by atoms with E-state index in [4.69, 9.17) is 5.73 Å². The Labute approximate surface area is 124 Å². The average Bonchev–Trinajstić information content (AvgIpc) is 2.37. The Morgan fingerprint density at radius 1 is 1.33 bits per heavy atom. The Bertz CT molecular complexity index is 517. The van der Waals surface area contributed by atoms with Crippen LogP contribution in [0.3, 0.4) is 0 Å². The fraction of sp³-hybridized carbons (Fsp3) is 0.467. The number of urea groups is 1. The van der Waals surface area contributed by atoms with E-state index < -0.39 is 17.9 Å². The second-order valence-corrected chi connectivity index (χ2v) is 5.57. The summed E-state index contributed by atoms with van der Waals surface area (Å²) in [6, 6.07) is 4.39. The van der Waals surface area contributed by atoms with Gasteiger partial charge >= 0.3 is 6.03 Å². The highest BCUT2D eigenvalue weighted by atomic mass is 19.1. The van der Waals surface area contributed by atoms with Crippen LogP contribution in [0.4, 0.5) is 9.18 Å². The van der Waals surface area contributed by atoms with Gasteiger partial charge in [0.1, 0.15) is 5.82 Å². The Kier molecular flexibility index (Phi) is 5.69. The molecule has 1 aromatic rings. The number of carbonyl (C=O) groups excluding carboxylic acids is 2. The first-order valence-corrected chi connectivity index (χ1v) is 6.86. The molecule has 21 heavy (non-hydrogen) atoms. The molecule has 0 saturated carbocycles. The van der Waals surface area contributed by atoms with Crippen LogP contribution in [-0.2, 0) is 4.79 Å². The normalized spacial score (nSPS) is 12.6. The fourth-order valence-electron chi connectivity index (χ4n) is 1.87. The zero-order chi connectivity index (χ0) is 16.0. The monoisotopic (exact) mass is 295 g/mol. The molecule has 3 amide bonds. The Hall–Kier alpha value is -2.11. The highest BCUT2D eigenvalue weighted by Crippen LogP contribution is 2.20. The summed E-state index contributed by atoms with van der Waals surface area (Å²) < 4.78 is 13.8. The summed E-state index contributed by atoms with van der Waals surface area (Å²) in [5.41, 5.74) is 4.98. The van der Waals surface area contributed by atoms with Gasteiger partial charge in [0.25, 0.3) is 0 Å². The summed E-state index contributed by atoms with van der Waals surface area (Å²) in [5.74, 6) is -0.761. The summed E-state index contributed by atoms with van der Waals surface area (Å²) in [7, 11) is 0. The van der Waals surface area contributed by atoms with E-state index in [-0.39, 0.29) is 23.4 Å². The van der Waals surface area contributed by atoms with Gasteiger partial charge in [-0.3, -0.25) is 4.79 Å². The van der Waals surface area contributed by atoms with Crippen LogP contribution in [0.2, 0.25) is 0 Å². The van der Waals surface area contributed by atoms with Crippen molar-refractivity contribution in [2.75, 3.05) is 0 Å². The number of amides is 3. The van der Waals surface area contributed by atoms with E-state index in [1.807, 2.05) is 20.8 Å². The summed E-state index contributed by atoms with van der Waals surface area (Å²) in [6.07, 6.45) is 0.680. The number of carbonyl (C=O) groups is 2. The molecule has 6 heteroatoms. The number of rotatable bonds is 6. The molecule has 0 radical (unpaired) electrons. The lowest BCUT2D eigenvalue weighted by Gasteiger charge is -2.26. The molecule has 0 unspecified atom stereocenters. The van der Waals surface area contributed by atoms with Crippen molar-refractivity contribution in [3.8, 4) is 0 Å². The van der Waals surface area contributed by atoms with Crippen LogP contribution in [0, 0.1) is 5.82 Å². The van der Waals surface area contributed by atoms with Crippen LogP contribution in [0.25, 0.3) is 0 Å². The Morgan fingerprint density at radius 3 is 2.48 bits per heavy atom. The number of primary amides is 1. The van der Waals surface area contributed by atoms with Crippen molar-refractivity contribution in [1.29, 1.82) is 0 Å². The van der Waals surface area contributed by atoms with E-state index >= 15 is 0 Å². The maximum absolute atomic E-state index is 13.8. The highest BCUT2D eigenvalue weighted by molar-refractivity contribution is 5.79. The van der Waals surface area contributed by atoms with Gasteiger partial charge in [0.2, 0.25) is 5.91 Å². The van der Waals surface area contributed by atoms with Gasteiger partial charge in [0.15, 0.2) is 0 Å². The summed E-state index contributed by atoms with van der Waals surface area (Å²) in [5, 5.41) is 5.26. The molecule has 5 nitrogen and oxygen atoms in total. The Balaban J connectivity index is 2.87. The number of benzene rings is 1. The van der Waals surface area contributed by atoms with Crippen LogP contribution in [0.1, 0.15) is 45.2 Å². The number of halogens is 1. The molecule has 0 aliphatic rings. The molecule has 4 N–H and O–H groups in total. The largest absolute Gasteiger partial charge is 0.352 e. The van der Waals surface area contributed by atoms with E-state index in [1.54, 1.807) is 12.1 Å². The van der Waals surface area contributed by atoms with Gasteiger partial charge in [-0.05, 0) is 26.3 Å².